The predicted octanol–water partition coefficient (Wildman–Crippen LogP) is 3.73. The Balaban J connectivity index is 1.89. The zero-order valence-corrected chi connectivity index (χ0v) is 11.6. The molecule has 2 aromatic carbocycles. The van der Waals surface area contributed by atoms with Crippen LogP contribution in [0.1, 0.15) is 30.1 Å². The molecule has 0 saturated heterocycles. The number of hydrogen-bond donors (Lipinski definition) is 1. The number of rotatable bonds is 3. The Morgan fingerprint density at radius 3 is 2.85 bits per heavy atom. The molecule has 1 aliphatic rings. The van der Waals surface area contributed by atoms with Gasteiger partial charge in [-0.15, -0.1) is 0 Å². The molecular weight excluding hydrogens is 250 g/mol. The lowest BCUT2D eigenvalue weighted by Crippen LogP contribution is -2.15. The van der Waals surface area contributed by atoms with Crippen molar-refractivity contribution in [3.63, 3.8) is 0 Å². The Morgan fingerprint density at radius 2 is 2.00 bits per heavy atom. The summed E-state index contributed by atoms with van der Waals surface area (Å²) in [6.45, 7) is 0. The lowest BCUT2D eigenvalue weighted by Gasteiger charge is -2.27. The van der Waals surface area contributed by atoms with E-state index in [2.05, 4.69) is 24.3 Å². The van der Waals surface area contributed by atoms with Crippen LogP contribution in [0.2, 0.25) is 0 Å². The maximum atomic E-state index is 6.15. The number of aryl methyl sites for hydroxylation is 1. The normalized spacial score (nSPS) is 17.4. The molecule has 0 radical (unpaired) electrons. The molecule has 3 nitrogen and oxygen atoms in total. The van der Waals surface area contributed by atoms with E-state index in [9.17, 15) is 0 Å². The fraction of sp³-hybridized carbons (Fsp3) is 0.294. The van der Waals surface area contributed by atoms with Gasteiger partial charge in [-0.05, 0) is 42.5 Å². The van der Waals surface area contributed by atoms with Crippen LogP contribution in [0.3, 0.4) is 0 Å². The van der Waals surface area contributed by atoms with Gasteiger partial charge in [0.05, 0.1) is 12.8 Å². The third-order valence-corrected chi connectivity index (χ3v) is 3.80. The minimum Gasteiger partial charge on any atom is -0.497 e. The highest BCUT2D eigenvalue weighted by molar-refractivity contribution is 5.56. The second kappa shape index (κ2) is 5.45. The maximum absolute atomic E-state index is 6.15. The van der Waals surface area contributed by atoms with E-state index < -0.39 is 0 Å². The van der Waals surface area contributed by atoms with Crippen LogP contribution in [0, 0.1) is 0 Å². The molecule has 3 heteroatoms. The standard InChI is InChI=1S/C17H19NO2/c1-19-13-9-10-15(18)17(11-13)20-16-8-4-6-12-5-2-3-7-14(12)16/h2-3,5,7,9-11,16H,4,6,8,18H2,1H3. The molecular formula is C17H19NO2. The summed E-state index contributed by atoms with van der Waals surface area (Å²) in [6, 6.07) is 14.0. The summed E-state index contributed by atoms with van der Waals surface area (Å²) in [6.07, 6.45) is 3.37. The van der Waals surface area contributed by atoms with E-state index in [0.717, 1.165) is 25.0 Å². The average Bonchev–Trinajstić information content (AvgIpc) is 2.50. The van der Waals surface area contributed by atoms with Gasteiger partial charge in [-0.2, -0.15) is 0 Å². The highest BCUT2D eigenvalue weighted by Crippen LogP contribution is 2.36. The van der Waals surface area contributed by atoms with Crippen LogP contribution in [0.15, 0.2) is 42.5 Å². The van der Waals surface area contributed by atoms with Gasteiger partial charge in [0.25, 0.3) is 0 Å². The predicted molar refractivity (Wildman–Crippen MR) is 80.2 cm³/mol. The number of nitrogen functional groups attached to an aromatic ring is 1. The van der Waals surface area contributed by atoms with Crippen molar-refractivity contribution in [2.45, 2.75) is 25.4 Å². The second-order valence-corrected chi connectivity index (χ2v) is 5.10. The van der Waals surface area contributed by atoms with Crippen molar-refractivity contribution in [1.82, 2.24) is 0 Å². The first kappa shape index (κ1) is 12.9. The average molecular weight is 269 g/mol. The number of anilines is 1. The number of nitrogens with two attached hydrogens (primary N) is 1. The van der Waals surface area contributed by atoms with Gasteiger partial charge in [0.15, 0.2) is 0 Å². The molecule has 1 atom stereocenters. The molecule has 2 aromatic rings. The maximum Gasteiger partial charge on any atom is 0.146 e. The van der Waals surface area contributed by atoms with Crippen molar-refractivity contribution in [3.05, 3.63) is 53.6 Å². The third kappa shape index (κ3) is 2.44. The highest BCUT2D eigenvalue weighted by atomic mass is 16.5. The van der Waals surface area contributed by atoms with E-state index in [1.165, 1.54) is 11.1 Å². The smallest absolute Gasteiger partial charge is 0.146 e. The van der Waals surface area contributed by atoms with Gasteiger partial charge >= 0.3 is 0 Å². The molecule has 2 N–H and O–H groups in total. The summed E-state index contributed by atoms with van der Waals surface area (Å²) in [5.74, 6) is 1.46. The minimum absolute atomic E-state index is 0.0781. The molecule has 20 heavy (non-hydrogen) atoms. The van der Waals surface area contributed by atoms with Crippen LogP contribution < -0.4 is 15.2 Å². The van der Waals surface area contributed by atoms with Crippen LogP contribution in [-0.4, -0.2) is 7.11 Å². The van der Waals surface area contributed by atoms with Crippen molar-refractivity contribution in [2.24, 2.45) is 0 Å². The number of ether oxygens (including phenoxy) is 2. The Labute approximate surface area is 119 Å². The molecule has 104 valence electrons. The molecule has 0 spiro atoms. The van der Waals surface area contributed by atoms with Crippen molar-refractivity contribution in [1.29, 1.82) is 0 Å². The first-order chi connectivity index (χ1) is 9.78. The van der Waals surface area contributed by atoms with Gasteiger partial charge in [0.2, 0.25) is 0 Å². The minimum atomic E-state index is 0.0781. The molecule has 0 fully saturated rings. The Bertz CT molecular complexity index is 610. The SMILES string of the molecule is COc1ccc(N)c(OC2CCCc3ccccc32)c1. The van der Waals surface area contributed by atoms with Crippen LogP contribution in [-0.2, 0) is 6.42 Å². The van der Waals surface area contributed by atoms with Gasteiger partial charge in [0, 0.05) is 6.07 Å². The van der Waals surface area contributed by atoms with Crippen molar-refractivity contribution in [2.75, 3.05) is 12.8 Å². The fourth-order valence-electron chi connectivity index (χ4n) is 2.73. The summed E-state index contributed by atoms with van der Waals surface area (Å²) >= 11 is 0. The van der Waals surface area contributed by atoms with E-state index >= 15 is 0 Å². The number of hydrogen-bond acceptors (Lipinski definition) is 3. The van der Waals surface area contributed by atoms with Crippen LogP contribution in [0.4, 0.5) is 5.69 Å². The second-order valence-electron chi connectivity index (χ2n) is 5.10. The summed E-state index contributed by atoms with van der Waals surface area (Å²) < 4.78 is 11.4. The third-order valence-electron chi connectivity index (χ3n) is 3.80. The van der Waals surface area contributed by atoms with Crippen molar-refractivity contribution < 1.29 is 9.47 Å². The largest absolute Gasteiger partial charge is 0.497 e. The summed E-state index contributed by atoms with van der Waals surface area (Å²) in [7, 11) is 1.64. The first-order valence-corrected chi connectivity index (χ1v) is 6.96. The van der Waals surface area contributed by atoms with E-state index in [1.54, 1.807) is 7.11 Å². The van der Waals surface area contributed by atoms with Crippen molar-refractivity contribution in [3.8, 4) is 11.5 Å². The fourth-order valence-corrected chi connectivity index (χ4v) is 2.73. The molecule has 1 aliphatic carbocycles. The molecule has 0 bridgehead atoms. The van der Waals surface area contributed by atoms with Gasteiger partial charge in [-0.3, -0.25) is 0 Å². The summed E-state index contributed by atoms with van der Waals surface area (Å²) in [5, 5.41) is 0. The first-order valence-electron chi connectivity index (χ1n) is 6.96. The summed E-state index contributed by atoms with van der Waals surface area (Å²) in [4.78, 5) is 0. The van der Waals surface area contributed by atoms with Crippen LogP contribution in [0.25, 0.3) is 0 Å². The molecule has 0 saturated carbocycles. The molecule has 0 heterocycles. The van der Waals surface area contributed by atoms with Crippen molar-refractivity contribution >= 4 is 5.69 Å². The zero-order valence-electron chi connectivity index (χ0n) is 11.6. The molecule has 3 rings (SSSR count). The lowest BCUT2D eigenvalue weighted by molar-refractivity contribution is 0.184. The Morgan fingerprint density at radius 1 is 1.15 bits per heavy atom. The van der Waals surface area contributed by atoms with Crippen LogP contribution in [0.5, 0.6) is 11.5 Å². The zero-order chi connectivity index (χ0) is 13.9. The topological polar surface area (TPSA) is 44.5 Å². The number of benzene rings is 2. The van der Waals surface area contributed by atoms with E-state index in [1.807, 2.05) is 18.2 Å². The molecule has 0 amide bonds. The van der Waals surface area contributed by atoms with Gasteiger partial charge < -0.3 is 15.2 Å². The number of methoxy groups -OCH3 is 1. The van der Waals surface area contributed by atoms with E-state index in [-0.39, 0.29) is 6.10 Å². The molecule has 0 aliphatic heterocycles. The summed E-state index contributed by atoms with van der Waals surface area (Å²) in [5.41, 5.74) is 9.31. The quantitative estimate of drug-likeness (QED) is 0.863. The van der Waals surface area contributed by atoms with E-state index in [4.69, 9.17) is 15.2 Å². The van der Waals surface area contributed by atoms with Gasteiger partial charge in [0.1, 0.15) is 17.6 Å². The lowest BCUT2D eigenvalue weighted by atomic mass is 9.89. The van der Waals surface area contributed by atoms with E-state index in [0.29, 0.717) is 11.4 Å². The van der Waals surface area contributed by atoms with Gasteiger partial charge in [-0.1, -0.05) is 24.3 Å². The number of fused-ring (bicyclic) bond motifs is 1. The van der Waals surface area contributed by atoms with Crippen LogP contribution >= 0.6 is 0 Å². The van der Waals surface area contributed by atoms with Gasteiger partial charge in [-0.25, -0.2) is 0 Å². The Kier molecular flexibility index (Phi) is 3.50. The highest BCUT2D eigenvalue weighted by Gasteiger charge is 2.22. The molecule has 0 aromatic heterocycles. The Hall–Kier alpha value is -2.16. The monoisotopic (exact) mass is 269 g/mol. The molecule has 1 unspecified atom stereocenters.